The van der Waals surface area contributed by atoms with Gasteiger partial charge in [-0.25, -0.2) is 0 Å². The highest BCUT2D eigenvalue weighted by Gasteiger charge is 2.17. The minimum atomic E-state index is -0.326. The Kier molecular flexibility index (Phi) is 6.60. The van der Waals surface area contributed by atoms with Crippen molar-refractivity contribution in [2.45, 2.75) is 51.1 Å². The van der Waals surface area contributed by atoms with Crippen molar-refractivity contribution in [3.05, 3.63) is 27.1 Å². The molecule has 0 unspecified atom stereocenters. The molecular formula is C15H25N3O2S. The Labute approximate surface area is 130 Å². The van der Waals surface area contributed by atoms with Gasteiger partial charge in [-0.1, -0.05) is 30.6 Å². The van der Waals surface area contributed by atoms with Gasteiger partial charge < -0.3 is 10.2 Å². The lowest BCUT2D eigenvalue weighted by Gasteiger charge is -2.31. The lowest BCUT2D eigenvalue weighted by molar-refractivity contribution is -0.380. The molecule has 0 radical (unpaired) electrons. The smallest absolute Gasteiger partial charge is 0.313 e. The Balaban J connectivity index is 1.57. The molecule has 0 atom stereocenters. The Bertz CT molecular complexity index is 444. The number of rotatable bonds is 8. The van der Waals surface area contributed by atoms with Crippen molar-refractivity contribution in [3.8, 4) is 0 Å². The van der Waals surface area contributed by atoms with E-state index in [1.165, 1.54) is 43.4 Å². The molecule has 0 saturated heterocycles. The van der Waals surface area contributed by atoms with Gasteiger partial charge in [-0.05, 0) is 45.0 Å². The quantitative estimate of drug-likeness (QED) is 0.454. The summed E-state index contributed by atoms with van der Waals surface area (Å²) < 4.78 is 0. The number of nitrogens with one attached hydrogen (secondary N) is 1. The van der Waals surface area contributed by atoms with Crippen molar-refractivity contribution in [2.24, 2.45) is 0 Å². The summed E-state index contributed by atoms with van der Waals surface area (Å²) in [5.74, 6) is 0. The van der Waals surface area contributed by atoms with Gasteiger partial charge in [0, 0.05) is 24.0 Å². The van der Waals surface area contributed by atoms with Gasteiger partial charge in [0.2, 0.25) is 0 Å². The molecule has 0 bridgehead atoms. The van der Waals surface area contributed by atoms with E-state index in [2.05, 4.69) is 17.3 Å². The minimum absolute atomic E-state index is 0.226. The van der Waals surface area contributed by atoms with Crippen LogP contribution in [0.1, 0.15) is 44.1 Å². The maximum atomic E-state index is 10.6. The predicted molar refractivity (Wildman–Crippen MR) is 86.8 cm³/mol. The van der Waals surface area contributed by atoms with Crippen molar-refractivity contribution in [2.75, 3.05) is 20.1 Å². The second kappa shape index (κ2) is 8.46. The zero-order valence-electron chi connectivity index (χ0n) is 12.7. The first-order chi connectivity index (χ1) is 10.2. The van der Waals surface area contributed by atoms with E-state index in [0.29, 0.717) is 0 Å². The fourth-order valence-corrected chi connectivity index (χ4v) is 3.67. The summed E-state index contributed by atoms with van der Waals surface area (Å²) in [5, 5.41) is 16.1. The van der Waals surface area contributed by atoms with Crippen LogP contribution in [0.15, 0.2) is 11.4 Å². The molecule has 0 aliphatic heterocycles. The van der Waals surface area contributed by atoms with Crippen LogP contribution in [0.4, 0.5) is 5.00 Å². The van der Waals surface area contributed by atoms with E-state index < -0.39 is 0 Å². The second-order valence-electron chi connectivity index (χ2n) is 5.85. The van der Waals surface area contributed by atoms with E-state index in [1.54, 1.807) is 6.07 Å². The molecule has 1 N–H and O–H groups in total. The molecule has 1 saturated carbocycles. The van der Waals surface area contributed by atoms with Crippen molar-refractivity contribution in [1.29, 1.82) is 0 Å². The van der Waals surface area contributed by atoms with Crippen molar-refractivity contribution >= 4 is 16.3 Å². The molecule has 0 amide bonds. The van der Waals surface area contributed by atoms with Gasteiger partial charge >= 0.3 is 5.00 Å². The van der Waals surface area contributed by atoms with Crippen LogP contribution in [0, 0.1) is 10.1 Å². The fraction of sp³-hybridized carbons (Fsp3) is 0.733. The van der Waals surface area contributed by atoms with Gasteiger partial charge in [0.05, 0.1) is 4.92 Å². The van der Waals surface area contributed by atoms with Crippen LogP contribution < -0.4 is 5.32 Å². The predicted octanol–water partition coefficient (Wildman–Crippen LogP) is 3.40. The van der Waals surface area contributed by atoms with E-state index >= 15 is 0 Å². The minimum Gasteiger partial charge on any atom is -0.313 e. The molecule has 1 fully saturated rings. The topological polar surface area (TPSA) is 58.4 Å². The summed E-state index contributed by atoms with van der Waals surface area (Å²) >= 11 is 1.20. The molecule has 118 valence electrons. The van der Waals surface area contributed by atoms with Crippen LogP contribution in [0.2, 0.25) is 0 Å². The zero-order valence-corrected chi connectivity index (χ0v) is 13.5. The molecule has 21 heavy (non-hydrogen) atoms. The summed E-state index contributed by atoms with van der Waals surface area (Å²) in [5.41, 5.74) is 1.01. The third kappa shape index (κ3) is 5.37. The lowest BCUT2D eigenvalue weighted by atomic mass is 9.94. The van der Waals surface area contributed by atoms with Crippen molar-refractivity contribution in [1.82, 2.24) is 10.2 Å². The van der Waals surface area contributed by atoms with E-state index in [9.17, 15) is 10.1 Å². The van der Waals surface area contributed by atoms with Crippen LogP contribution in [0.3, 0.4) is 0 Å². The Morgan fingerprint density at radius 1 is 1.43 bits per heavy atom. The van der Waals surface area contributed by atoms with Gasteiger partial charge in [0.25, 0.3) is 0 Å². The molecule has 1 aliphatic carbocycles. The van der Waals surface area contributed by atoms with E-state index in [4.69, 9.17) is 0 Å². The number of thiophene rings is 1. The first-order valence-corrected chi connectivity index (χ1v) is 8.67. The van der Waals surface area contributed by atoms with Crippen LogP contribution in [-0.4, -0.2) is 36.0 Å². The Hall–Kier alpha value is -0.980. The SMILES string of the molecule is CN(CCCNCc1csc([N+](=O)[O-])c1)C1CCCCC1. The normalized spacial score (nSPS) is 16.5. The summed E-state index contributed by atoms with van der Waals surface area (Å²) in [6.45, 7) is 2.81. The molecule has 0 aromatic carbocycles. The first-order valence-electron chi connectivity index (χ1n) is 7.79. The molecule has 0 spiro atoms. The zero-order chi connectivity index (χ0) is 15.1. The van der Waals surface area contributed by atoms with Gasteiger partial charge in [-0.3, -0.25) is 10.1 Å². The van der Waals surface area contributed by atoms with Crippen LogP contribution in [-0.2, 0) is 6.54 Å². The van der Waals surface area contributed by atoms with Crippen LogP contribution in [0.5, 0.6) is 0 Å². The average Bonchev–Trinajstić information content (AvgIpc) is 2.97. The van der Waals surface area contributed by atoms with Gasteiger partial charge in [-0.15, -0.1) is 0 Å². The number of nitrogens with zero attached hydrogens (tertiary/aromatic N) is 2. The summed E-state index contributed by atoms with van der Waals surface area (Å²) in [4.78, 5) is 12.8. The summed E-state index contributed by atoms with van der Waals surface area (Å²) in [6.07, 6.45) is 7.98. The number of hydrogen-bond acceptors (Lipinski definition) is 5. The molecular weight excluding hydrogens is 286 g/mol. The summed E-state index contributed by atoms with van der Waals surface area (Å²) in [7, 11) is 2.23. The number of hydrogen-bond donors (Lipinski definition) is 1. The standard InChI is InChI=1S/C15H25N3O2S/c1-17(14-6-3-2-4-7-14)9-5-8-16-11-13-10-15(18(19)20)21-12-13/h10,12,14,16H,2-9,11H2,1H3. The third-order valence-electron chi connectivity index (χ3n) is 4.21. The fourth-order valence-electron chi connectivity index (χ4n) is 2.94. The monoisotopic (exact) mass is 311 g/mol. The van der Waals surface area contributed by atoms with Crippen LogP contribution in [0.25, 0.3) is 0 Å². The highest BCUT2D eigenvalue weighted by molar-refractivity contribution is 7.13. The molecule has 1 heterocycles. The van der Waals surface area contributed by atoms with E-state index in [1.807, 2.05) is 5.38 Å². The van der Waals surface area contributed by atoms with Crippen LogP contribution >= 0.6 is 11.3 Å². The van der Waals surface area contributed by atoms with Crippen molar-refractivity contribution < 1.29 is 4.92 Å². The first kappa shape index (κ1) is 16.4. The lowest BCUT2D eigenvalue weighted by Crippen LogP contribution is -2.35. The van der Waals surface area contributed by atoms with E-state index in [0.717, 1.165) is 37.7 Å². The molecule has 1 aliphatic rings. The highest BCUT2D eigenvalue weighted by Crippen LogP contribution is 2.22. The summed E-state index contributed by atoms with van der Waals surface area (Å²) in [6, 6.07) is 2.43. The largest absolute Gasteiger partial charge is 0.324 e. The Morgan fingerprint density at radius 3 is 2.86 bits per heavy atom. The Morgan fingerprint density at radius 2 is 2.19 bits per heavy atom. The maximum absolute atomic E-state index is 10.6. The maximum Gasteiger partial charge on any atom is 0.324 e. The molecule has 1 aromatic heterocycles. The second-order valence-corrected chi connectivity index (χ2v) is 6.74. The van der Waals surface area contributed by atoms with Crippen molar-refractivity contribution in [3.63, 3.8) is 0 Å². The molecule has 1 aromatic rings. The van der Waals surface area contributed by atoms with Gasteiger partial charge in [0.1, 0.15) is 0 Å². The van der Waals surface area contributed by atoms with Gasteiger partial charge in [0.15, 0.2) is 0 Å². The molecule has 5 nitrogen and oxygen atoms in total. The molecule has 6 heteroatoms. The third-order valence-corrected chi connectivity index (χ3v) is 5.14. The average molecular weight is 311 g/mol. The number of nitro groups is 1. The highest BCUT2D eigenvalue weighted by atomic mass is 32.1. The van der Waals surface area contributed by atoms with E-state index in [-0.39, 0.29) is 9.92 Å². The van der Waals surface area contributed by atoms with Gasteiger partial charge in [-0.2, -0.15) is 0 Å². The molecule has 2 rings (SSSR count).